The Morgan fingerprint density at radius 3 is 3.00 bits per heavy atom. The zero-order chi connectivity index (χ0) is 11.5. The minimum atomic E-state index is 0.694. The molecule has 82 valence electrons. The maximum atomic E-state index is 5.98. The van der Waals surface area contributed by atoms with Gasteiger partial charge in [-0.1, -0.05) is 6.08 Å². The molecule has 16 heavy (non-hydrogen) atoms. The second-order valence-electron chi connectivity index (χ2n) is 3.78. The van der Waals surface area contributed by atoms with E-state index in [2.05, 4.69) is 22.9 Å². The summed E-state index contributed by atoms with van der Waals surface area (Å²) in [7, 11) is 0. The molecule has 0 aliphatic heterocycles. The maximum absolute atomic E-state index is 5.98. The molecule has 0 atom stereocenters. The van der Waals surface area contributed by atoms with Gasteiger partial charge in [-0.2, -0.15) is 0 Å². The van der Waals surface area contributed by atoms with Crippen LogP contribution in [0.25, 0.3) is 10.8 Å². The third-order valence-electron chi connectivity index (χ3n) is 2.47. The number of nitrogens with one attached hydrogen (secondary N) is 1. The van der Waals surface area contributed by atoms with E-state index < -0.39 is 0 Å². The Balaban J connectivity index is 2.61. The molecule has 0 bridgehead atoms. The first-order chi connectivity index (χ1) is 7.72. The standard InChI is InChI=1S/C13H15N3/c1-3-5-15-13-11-7-9(2)8-12(14)10(11)4-6-16-13/h3-4,6-8H,1,5,14H2,2H3,(H,15,16). The highest BCUT2D eigenvalue weighted by Gasteiger charge is 2.04. The maximum Gasteiger partial charge on any atom is 0.134 e. The second-order valence-corrected chi connectivity index (χ2v) is 3.78. The zero-order valence-electron chi connectivity index (χ0n) is 9.33. The van der Waals surface area contributed by atoms with E-state index in [1.807, 2.05) is 19.1 Å². The smallest absolute Gasteiger partial charge is 0.134 e. The fourth-order valence-electron chi connectivity index (χ4n) is 1.77. The summed E-state index contributed by atoms with van der Waals surface area (Å²) in [6, 6.07) is 5.99. The van der Waals surface area contributed by atoms with Gasteiger partial charge in [0.05, 0.1) is 0 Å². The molecule has 0 radical (unpaired) electrons. The predicted octanol–water partition coefficient (Wildman–Crippen LogP) is 2.72. The molecule has 1 aromatic heterocycles. The monoisotopic (exact) mass is 213 g/mol. The number of hydrogen-bond acceptors (Lipinski definition) is 3. The van der Waals surface area contributed by atoms with Crippen molar-refractivity contribution in [3.05, 3.63) is 42.6 Å². The zero-order valence-corrected chi connectivity index (χ0v) is 9.33. The Labute approximate surface area is 95.0 Å². The van der Waals surface area contributed by atoms with Crippen molar-refractivity contribution in [2.45, 2.75) is 6.92 Å². The molecule has 0 unspecified atom stereocenters. The summed E-state index contributed by atoms with van der Waals surface area (Å²) in [6.45, 7) is 6.40. The number of aryl methyl sites for hydroxylation is 1. The lowest BCUT2D eigenvalue weighted by Gasteiger charge is -2.09. The minimum Gasteiger partial charge on any atom is -0.398 e. The third-order valence-corrected chi connectivity index (χ3v) is 2.47. The fraction of sp³-hybridized carbons (Fsp3) is 0.154. The van der Waals surface area contributed by atoms with E-state index in [1.165, 1.54) is 0 Å². The van der Waals surface area contributed by atoms with Gasteiger partial charge in [0, 0.05) is 29.2 Å². The van der Waals surface area contributed by atoms with E-state index in [-0.39, 0.29) is 0 Å². The van der Waals surface area contributed by atoms with Gasteiger partial charge >= 0.3 is 0 Å². The minimum absolute atomic E-state index is 0.694. The van der Waals surface area contributed by atoms with Crippen LogP contribution in [-0.4, -0.2) is 11.5 Å². The number of aromatic nitrogens is 1. The Bertz CT molecular complexity index is 532. The summed E-state index contributed by atoms with van der Waals surface area (Å²) in [5.41, 5.74) is 7.91. The lowest BCUT2D eigenvalue weighted by Crippen LogP contribution is -2.01. The lowest BCUT2D eigenvalue weighted by molar-refractivity contribution is 1.25. The molecule has 3 N–H and O–H groups in total. The van der Waals surface area contributed by atoms with Crippen LogP contribution in [0.3, 0.4) is 0 Å². The Morgan fingerprint density at radius 1 is 1.44 bits per heavy atom. The molecule has 0 saturated heterocycles. The normalized spacial score (nSPS) is 10.3. The van der Waals surface area contributed by atoms with E-state index in [0.29, 0.717) is 6.54 Å². The highest BCUT2D eigenvalue weighted by atomic mass is 15.0. The summed E-state index contributed by atoms with van der Waals surface area (Å²) >= 11 is 0. The van der Waals surface area contributed by atoms with Crippen LogP contribution in [0.1, 0.15) is 5.56 Å². The van der Waals surface area contributed by atoms with Crippen LogP contribution in [0.5, 0.6) is 0 Å². The van der Waals surface area contributed by atoms with Gasteiger partial charge < -0.3 is 11.1 Å². The third kappa shape index (κ3) is 1.84. The molecule has 0 aliphatic carbocycles. The van der Waals surface area contributed by atoms with E-state index in [9.17, 15) is 0 Å². The van der Waals surface area contributed by atoms with Gasteiger partial charge in [-0.05, 0) is 30.7 Å². The molecular formula is C13H15N3. The molecule has 0 aliphatic rings. The average molecular weight is 213 g/mol. The summed E-state index contributed by atoms with van der Waals surface area (Å²) in [6.07, 6.45) is 3.57. The summed E-state index contributed by atoms with van der Waals surface area (Å²) in [5.74, 6) is 0.854. The van der Waals surface area contributed by atoms with Crippen LogP contribution < -0.4 is 11.1 Å². The van der Waals surface area contributed by atoms with Crippen LogP contribution in [0.2, 0.25) is 0 Å². The number of nitrogens with two attached hydrogens (primary N) is 1. The molecule has 0 fully saturated rings. The molecule has 2 aromatic rings. The lowest BCUT2D eigenvalue weighted by atomic mass is 10.1. The van der Waals surface area contributed by atoms with Gasteiger partial charge in [0.1, 0.15) is 5.82 Å². The molecule has 0 saturated carbocycles. The Kier molecular flexibility index (Phi) is 2.77. The first-order valence-corrected chi connectivity index (χ1v) is 5.22. The van der Waals surface area contributed by atoms with Crippen LogP contribution in [0.15, 0.2) is 37.1 Å². The Morgan fingerprint density at radius 2 is 2.25 bits per heavy atom. The topological polar surface area (TPSA) is 50.9 Å². The van der Waals surface area contributed by atoms with E-state index in [4.69, 9.17) is 5.73 Å². The van der Waals surface area contributed by atoms with Crippen molar-refractivity contribution in [3.8, 4) is 0 Å². The van der Waals surface area contributed by atoms with Crippen molar-refractivity contribution in [2.24, 2.45) is 0 Å². The van der Waals surface area contributed by atoms with E-state index in [1.54, 1.807) is 12.3 Å². The SMILES string of the molecule is C=CCNc1nccc2c(N)cc(C)cc12. The highest BCUT2D eigenvalue weighted by molar-refractivity contribution is 5.99. The molecule has 3 nitrogen and oxygen atoms in total. The second kappa shape index (κ2) is 4.23. The van der Waals surface area contributed by atoms with Crippen molar-refractivity contribution in [3.63, 3.8) is 0 Å². The first kappa shape index (κ1) is 10.5. The number of hydrogen-bond donors (Lipinski definition) is 2. The van der Waals surface area contributed by atoms with Crippen molar-refractivity contribution in [1.29, 1.82) is 0 Å². The van der Waals surface area contributed by atoms with Crippen molar-refractivity contribution < 1.29 is 0 Å². The van der Waals surface area contributed by atoms with E-state index in [0.717, 1.165) is 27.8 Å². The first-order valence-electron chi connectivity index (χ1n) is 5.22. The van der Waals surface area contributed by atoms with Gasteiger partial charge in [0.2, 0.25) is 0 Å². The van der Waals surface area contributed by atoms with Crippen LogP contribution in [0.4, 0.5) is 11.5 Å². The number of pyridine rings is 1. The van der Waals surface area contributed by atoms with Gasteiger partial charge in [-0.3, -0.25) is 0 Å². The molecule has 2 rings (SSSR count). The highest BCUT2D eigenvalue weighted by Crippen LogP contribution is 2.27. The van der Waals surface area contributed by atoms with Crippen LogP contribution >= 0.6 is 0 Å². The number of nitrogen functional groups attached to an aromatic ring is 1. The fourth-order valence-corrected chi connectivity index (χ4v) is 1.77. The van der Waals surface area contributed by atoms with Gasteiger partial charge in [0.15, 0.2) is 0 Å². The number of benzene rings is 1. The van der Waals surface area contributed by atoms with Crippen molar-refractivity contribution in [2.75, 3.05) is 17.6 Å². The molecule has 1 heterocycles. The number of rotatable bonds is 3. The molecular weight excluding hydrogens is 198 g/mol. The average Bonchev–Trinajstić information content (AvgIpc) is 2.26. The largest absolute Gasteiger partial charge is 0.398 e. The summed E-state index contributed by atoms with van der Waals surface area (Å²) < 4.78 is 0. The van der Waals surface area contributed by atoms with Crippen LogP contribution in [-0.2, 0) is 0 Å². The van der Waals surface area contributed by atoms with Crippen LogP contribution in [0, 0.1) is 6.92 Å². The number of anilines is 2. The van der Waals surface area contributed by atoms with Crippen molar-refractivity contribution >= 4 is 22.3 Å². The summed E-state index contributed by atoms with van der Waals surface area (Å²) in [4.78, 5) is 4.31. The predicted molar refractivity (Wildman–Crippen MR) is 69.6 cm³/mol. The molecule has 0 spiro atoms. The van der Waals surface area contributed by atoms with E-state index >= 15 is 0 Å². The van der Waals surface area contributed by atoms with Gasteiger partial charge in [0.25, 0.3) is 0 Å². The Hall–Kier alpha value is -2.03. The molecule has 0 amide bonds. The number of fused-ring (bicyclic) bond motifs is 1. The molecule has 3 heteroatoms. The van der Waals surface area contributed by atoms with Gasteiger partial charge in [-0.25, -0.2) is 4.98 Å². The molecule has 1 aromatic carbocycles. The van der Waals surface area contributed by atoms with Gasteiger partial charge in [-0.15, -0.1) is 6.58 Å². The number of nitrogens with zero attached hydrogens (tertiary/aromatic N) is 1. The summed E-state index contributed by atoms with van der Waals surface area (Å²) in [5, 5.41) is 5.30. The quantitative estimate of drug-likeness (QED) is 0.609. The van der Waals surface area contributed by atoms with Crippen molar-refractivity contribution in [1.82, 2.24) is 4.98 Å².